The summed E-state index contributed by atoms with van der Waals surface area (Å²) in [5.74, 6) is 0.728. The zero-order chi connectivity index (χ0) is 11.5. The number of nitrogens with zero attached hydrogens (tertiary/aromatic N) is 1. The molecular weight excluding hydrogens is 228 g/mol. The van der Waals surface area contributed by atoms with Crippen molar-refractivity contribution in [3.63, 3.8) is 0 Å². The highest BCUT2D eigenvalue weighted by atomic mass is 35.5. The molecule has 0 atom stereocenters. The highest BCUT2D eigenvalue weighted by molar-refractivity contribution is 6.33. The molecule has 86 valence electrons. The second kappa shape index (κ2) is 4.70. The minimum Gasteiger partial charge on any atom is -0.384 e. The van der Waals surface area contributed by atoms with Gasteiger partial charge in [0.25, 0.3) is 5.69 Å². The van der Waals surface area contributed by atoms with Crippen LogP contribution in [0.5, 0.6) is 0 Å². The minimum absolute atomic E-state index is 0.0270. The molecule has 0 spiro atoms. The topological polar surface area (TPSA) is 55.2 Å². The van der Waals surface area contributed by atoms with Crippen LogP contribution in [0.2, 0.25) is 5.02 Å². The maximum absolute atomic E-state index is 10.5. The molecule has 0 amide bonds. The van der Waals surface area contributed by atoms with Crippen molar-refractivity contribution in [1.82, 2.24) is 0 Å². The number of nitro groups is 1. The van der Waals surface area contributed by atoms with Gasteiger partial charge in [-0.05, 0) is 24.8 Å². The SMILES string of the molecule is O=[N+]([O-])c1ccc(NCC2CCC2)c(Cl)c1. The Bertz CT molecular complexity index is 405. The molecule has 0 saturated heterocycles. The second-order valence-electron chi connectivity index (χ2n) is 4.10. The molecule has 0 bridgehead atoms. The largest absolute Gasteiger partial charge is 0.384 e. The number of halogens is 1. The van der Waals surface area contributed by atoms with Gasteiger partial charge in [-0.2, -0.15) is 0 Å². The van der Waals surface area contributed by atoms with Crippen LogP contribution in [0.15, 0.2) is 18.2 Å². The van der Waals surface area contributed by atoms with Gasteiger partial charge in [0.15, 0.2) is 0 Å². The smallest absolute Gasteiger partial charge is 0.271 e. The van der Waals surface area contributed by atoms with Crippen molar-refractivity contribution in [1.29, 1.82) is 0 Å². The summed E-state index contributed by atoms with van der Waals surface area (Å²) in [7, 11) is 0. The Hall–Kier alpha value is -1.29. The van der Waals surface area contributed by atoms with E-state index in [-0.39, 0.29) is 5.69 Å². The normalized spacial score (nSPS) is 15.6. The van der Waals surface area contributed by atoms with E-state index in [9.17, 15) is 10.1 Å². The van der Waals surface area contributed by atoms with Crippen LogP contribution >= 0.6 is 11.6 Å². The molecule has 1 aromatic rings. The maximum Gasteiger partial charge on any atom is 0.271 e. The molecule has 1 N–H and O–H groups in total. The number of benzene rings is 1. The number of rotatable bonds is 4. The van der Waals surface area contributed by atoms with Gasteiger partial charge in [-0.3, -0.25) is 10.1 Å². The van der Waals surface area contributed by atoms with Crippen LogP contribution in [0, 0.1) is 16.0 Å². The number of hydrogen-bond donors (Lipinski definition) is 1. The quantitative estimate of drug-likeness (QED) is 0.648. The van der Waals surface area contributed by atoms with E-state index in [0.717, 1.165) is 18.2 Å². The number of anilines is 1. The monoisotopic (exact) mass is 240 g/mol. The number of hydrogen-bond acceptors (Lipinski definition) is 3. The first-order chi connectivity index (χ1) is 7.66. The van der Waals surface area contributed by atoms with Gasteiger partial charge < -0.3 is 5.32 Å². The Morgan fingerprint density at radius 3 is 2.75 bits per heavy atom. The van der Waals surface area contributed by atoms with E-state index in [0.29, 0.717) is 5.02 Å². The van der Waals surface area contributed by atoms with Gasteiger partial charge in [-0.1, -0.05) is 18.0 Å². The molecule has 0 aromatic heterocycles. The maximum atomic E-state index is 10.5. The number of nitro benzene ring substituents is 1. The molecule has 4 nitrogen and oxygen atoms in total. The molecule has 16 heavy (non-hydrogen) atoms. The van der Waals surface area contributed by atoms with Crippen LogP contribution in [0.1, 0.15) is 19.3 Å². The van der Waals surface area contributed by atoms with E-state index >= 15 is 0 Å². The summed E-state index contributed by atoms with van der Waals surface area (Å²) in [5.41, 5.74) is 0.804. The first-order valence-corrected chi connectivity index (χ1v) is 5.72. The Balaban J connectivity index is 2.00. The molecule has 1 saturated carbocycles. The van der Waals surface area contributed by atoms with E-state index < -0.39 is 4.92 Å². The molecule has 0 radical (unpaired) electrons. The molecule has 5 heteroatoms. The molecule has 1 aliphatic rings. The summed E-state index contributed by atoms with van der Waals surface area (Å²) in [5, 5.41) is 14.1. The Labute approximate surface area is 98.8 Å². The molecule has 0 aliphatic heterocycles. The van der Waals surface area contributed by atoms with Gasteiger partial charge >= 0.3 is 0 Å². The van der Waals surface area contributed by atoms with Crippen molar-refractivity contribution in [3.8, 4) is 0 Å². The van der Waals surface area contributed by atoms with Crippen LogP contribution in [-0.2, 0) is 0 Å². The van der Waals surface area contributed by atoms with Crippen LogP contribution < -0.4 is 5.32 Å². The lowest BCUT2D eigenvalue weighted by atomic mass is 9.85. The highest BCUT2D eigenvalue weighted by Gasteiger charge is 2.17. The lowest BCUT2D eigenvalue weighted by Crippen LogP contribution is -2.20. The fourth-order valence-electron chi connectivity index (χ4n) is 1.71. The van der Waals surface area contributed by atoms with Gasteiger partial charge in [0.2, 0.25) is 0 Å². The highest BCUT2D eigenvalue weighted by Crippen LogP contribution is 2.30. The first kappa shape index (κ1) is 11.2. The Kier molecular flexibility index (Phi) is 3.29. The average Bonchev–Trinajstić information content (AvgIpc) is 2.17. The number of nitrogens with one attached hydrogen (secondary N) is 1. The third-order valence-corrected chi connectivity index (χ3v) is 3.28. The molecular formula is C11H13ClN2O2. The van der Waals surface area contributed by atoms with Crippen LogP contribution in [0.3, 0.4) is 0 Å². The van der Waals surface area contributed by atoms with Crippen molar-refractivity contribution in [3.05, 3.63) is 33.3 Å². The Morgan fingerprint density at radius 2 is 2.25 bits per heavy atom. The van der Waals surface area contributed by atoms with Gasteiger partial charge in [-0.25, -0.2) is 0 Å². The van der Waals surface area contributed by atoms with Gasteiger partial charge in [-0.15, -0.1) is 0 Å². The molecule has 1 aromatic carbocycles. The summed E-state index contributed by atoms with van der Waals surface area (Å²) in [6.45, 7) is 0.900. The van der Waals surface area contributed by atoms with Crippen molar-refractivity contribution >= 4 is 23.0 Å². The van der Waals surface area contributed by atoms with E-state index in [1.54, 1.807) is 6.07 Å². The van der Waals surface area contributed by atoms with E-state index in [4.69, 9.17) is 11.6 Å². The molecule has 0 unspecified atom stereocenters. The van der Waals surface area contributed by atoms with Crippen molar-refractivity contribution < 1.29 is 4.92 Å². The summed E-state index contributed by atoms with van der Waals surface area (Å²) in [4.78, 5) is 10.1. The van der Waals surface area contributed by atoms with Gasteiger partial charge in [0.1, 0.15) is 0 Å². The van der Waals surface area contributed by atoms with Crippen LogP contribution in [0.4, 0.5) is 11.4 Å². The van der Waals surface area contributed by atoms with Crippen molar-refractivity contribution in [2.45, 2.75) is 19.3 Å². The molecule has 1 aliphatic carbocycles. The van der Waals surface area contributed by atoms with Crippen LogP contribution in [0.25, 0.3) is 0 Å². The Morgan fingerprint density at radius 1 is 1.50 bits per heavy atom. The standard InChI is InChI=1S/C11H13ClN2O2/c12-10-6-9(14(15)16)4-5-11(10)13-7-8-2-1-3-8/h4-6,8,13H,1-3,7H2. The third kappa shape index (κ3) is 2.44. The second-order valence-corrected chi connectivity index (χ2v) is 4.51. The molecule has 2 rings (SSSR count). The summed E-state index contributed by atoms with van der Waals surface area (Å²) < 4.78 is 0. The van der Waals surface area contributed by atoms with E-state index in [1.807, 2.05) is 0 Å². The van der Waals surface area contributed by atoms with Crippen molar-refractivity contribution in [2.24, 2.45) is 5.92 Å². The fraction of sp³-hybridized carbons (Fsp3) is 0.455. The fourth-order valence-corrected chi connectivity index (χ4v) is 1.95. The lowest BCUT2D eigenvalue weighted by molar-refractivity contribution is -0.384. The third-order valence-electron chi connectivity index (χ3n) is 2.97. The summed E-state index contributed by atoms with van der Waals surface area (Å²) in [6, 6.07) is 4.51. The van der Waals surface area contributed by atoms with Gasteiger partial charge in [0.05, 0.1) is 15.6 Å². The van der Waals surface area contributed by atoms with Gasteiger partial charge in [0, 0.05) is 18.7 Å². The first-order valence-electron chi connectivity index (χ1n) is 5.34. The predicted octanol–water partition coefficient (Wildman–Crippen LogP) is 3.46. The lowest BCUT2D eigenvalue weighted by Gasteiger charge is -2.26. The van der Waals surface area contributed by atoms with E-state index in [2.05, 4.69) is 5.32 Å². The summed E-state index contributed by atoms with van der Waals surface area (Å²) >= 11 is 5.95. The average molecular weight is 241 g/mol. The van der Waals surface area contributed by atoms with Crippen molar-refractivity contribution in [2.75, 3.05) is 11.9 Å². The molecule has 1 fully saturated rings. The predicted molar refractivity (Wildman–Crippen MR) is 63.9 cm³/mol. The molecule has 0 heterocycles. The zero-order valence-corrected chi connectivity index (χ0v) is 9.54. The number of non-ortho nitro benzene ring substituents is 1. The van der Waals surface area contributed by atoms with E-state index in [1.165, 1.54) is 31.4 Å². The zero-order valence-electron chi connectivity index (χ0n) is 8.78. The van der Waals surface area contributed by atoms with Crippen LogP contribution in [-0.4, -0.2) is 11.5 Å². The minimum atomic E-state index is -0.443. The summed E-state index contributed by atoms with van der Waals surface area (Å²) in [6.07, 6.45) is 3.83.